The largest absolute Gasteiger partial charge is 0.497 e. The highest BCUT2D eigenvalue weighted by Gasteiger charge is 2.15. The lowest BCUT2D eigenvalue weighted by Crippen LogP contribution is -2.26. The molecule has 1 N–H and O–H groups in total. The fraction of sp³-hybridized carbons (Fsp3) is 0.208. The summed E-state index contributed by atoms with van der Waals surface area (Å²) in [6.07, 6.45) is 0. The van der Waals surface area contributed by atoms with Crippen molar-refractivity contribution in [3.63, 3.8) is 0 Å². The molecule has 3 aromatic carbocycles. The topological polar surface area (TPSA) is 43.3 Å². The van der Waals surface area contributed by atoms with Crippen molar-refractivity contribution >= 4 is 27.7 Å². The minimum absolute atomic E-state index is 0.0914. The summed E-state index contributed by atoms with van der Waals surface area (Å²) in [7, 11) is 1.61. The van der Waals surface area contributed by atoms with Gasteiger partial charge in [-0.3, -0.25) is 4.79 Å². The zero-order valence-corrected chi connectivity index (χ0v) is 16.4. The van der Waals surface area contributed by atoms with Crippen LogP contribution in [0.25, 0.3) is 21.8 Å². The zero-order chi connectivity index (χ0) is 19.7. The van der Waals surface area contributed by atoms with Crippen LogP contribution in [0.15, 0.2) is 66.7 Å². The van der Waals surface area contributed by atoms with E-state index in [1.165, 1.54) is 21.8 Å². The van der Waals surface area contributed by atoms with Gasteiger partial charge in [0, 0.05) is 33.9 Å². The van der Waals surface area contributed by atoms with E-state index in [1.54, 1.807) is 31.4 Å². The Hall–Kier alpha value is -3.27. The molecule has 1 heterocycles. The predicted molar refractivity (Wildman–Crippen MR) is 114 cm³/mol. The number of carbonyl (C=O) groups is 1. The molecule has 1 atom stereocenters. The quantitative estimate of drug-likeness (QED) is 0.516. The first-order chi connectivity index (χ1) is 13.6. The van der Waals surface area contributed by atoms with Crippen LogP contribution in [-0.4, -0.2) is 17.6 Å². The molecule has 0 saturated heterocycles. The third kappa shape index (κ3) is 3.11. The van der Waals surface area contributed by atoms with Crippen LogP contribution in [0.3, 0.4) is 0 Å². The molecule has 0 fully saturated rings. The number of hydrogen-bond donors (Lipinski definition) is 1. The Kier molecular flexibility index (Phi) is 4.78. The molecule has 0 saturated carbocycles. The van der Waals surface area contributed by atoms with Gasteiger partial charge in [-0.25, -0.2) is 0 Å². The average Bonchev–Trinajstić information content (AvgIpc) is 3.06. The molecule has 1 unspecified atom stereocenters. The first-order valence-corrected chi connectivity index (χ1v) is 9.58. The lowest BCUT2D eigenvalue weighted by atomic mass is 10.0. The Labute approximate surface area is 164 Å². The van der Waals surface area contributed by atoms with E-state index in [9.17, 15) is 4.79 Å². The van der Waals surface area contributed by atoms with Gasteiger partial charge >= 0.3 is 0 Å². The van der Waals surface area contributed by atoms with Gasteiger partial charge in [-0.1, -0.05) is 24.3 Å². The Morgan fingerprint density at radius 3 is 2.43 bits per heavy atom. The van der Waals surface area contributed by atoms with Crippen molar-refractivity contribution in [2.45, 2.75) is 26.4 Å². The first-order valence-electron chi connectivity index (χ1n) is 9.58. The summed E-state index contributed by atoms with van der Waals surface area (Å²) in [5.41, 5.74) is 4.18. The van der Waals surface area contributed by atoms with E-state index in [2.05, 4.69) is 59.3 Å². The minimum Gasteiger partial charge on any atom is -0.497 e. The number of amides is 1. The number of ether oxygens (including phenoxy) is 1. The number of fused-ring (bicyclic) bond motifs is 3. The number of nitrogens with zero attached hydrogens (tertiary/aromatic N) is 1. The molecule has 4 heteroatoms. The number of rotatable bonds is 5. The van der Waals surface area contributed by atoms with Crippen molar-refractivity contribution in [3.05, 3.63) is 77.9 Å². The maximum absolute atomic E-state index is 12.6. The van der Waals surface area contributed by atoms with Crippen molar-refractivity contribution in [1.82, 2.24) is 9.88 Å². The molecule has 142 valence electrons. The second-order valence-corrected chi connectivity index (χ2v) is 6.96. The number of aromatic nitrogens is 1. The monoisotopic (exact) mass is 372 g/mol. The average molecular weight is 372 g/mol. The van der Waals surface area contributed by atoms with Crippen molar-refractivity contribution in [1.29, 1.82) is 0 Å². The predicted octanol–water partition coefficient (Wildman–Crippen LogP) is 5.31. The molecule has 4 aromatic rings. The number of carbonyl (C=O) groups excluding carboxylic acids is 1. The first kappa shape index (κ1) is 18.1. The van der Waals surface area contributed by atoms with E-state index in [0.717, 1.165) is 17.9 Å². The molecular weight excluding hydrogens is 348 g/mol. The van der Waals surface area contributed by atoms with Crippen LogP contribution in [0, 0.1) is 0 Å². The van der Waals surface area contributed by atoms with Crippen LogP contribution in [0.5, 0.6) is 5.75 Å². The van der Waals surface area contributed by atoms with Gasteiger partial charge in [-0.2, -0.15) is 0 Å². The Balaban J connectivity index is 1.64. The Bertz CT molecular complexity index is 1140. The third-order valence-corrected chi connectivity index (χ3v) is 5.31. The standard InChI is InChI=1S/C24H24N2O2/c1-4-26-22-8-6-5-7-20(22)21-15-18(11-14-23(21)26)16(2)25-24(27)17-9-12-19(28-3)13-10-17/h5-16H,4H2,1-3H3,(H,25,27). The van der Waals surface area contributed by atoms with Gasteiger partial charge in [-0.05, 0) is 61.9 Å². The number of hydrogen-bond acceptors (Lipinski definition) is 2. The van der Waals surface area contributed by atoms with E-state index in [4.69, 9.17) is 4.74 Å². The second kappa shape index (κ2) is 7.39. The third-order valence-electron chi connectivity index (χ3n) is 5.31. The van der Waals surface area contributed by atoms with Gasteiger partial charge in [0.15, 0.2) is 0 Å². The normalized spacial score (nSPS) is 12.2. The van der Waals surface area contributed by atoms with Crippen molar-refractivity contribution in [2.24, 2.45) is 0 Å². The van der Waals surface area contributed by atoms with E-state index in [0.29, 0.717) is 5.56 Å². The van der Waals surface area contributed by atoms with Gasteiger partial charge in [0.05, 0.1) is 13.2 Å². The SMILES string of the molecule is CCn1c2ccccc2c2cc(C(C)NC(=O)c3ccc(OC)cc3)ccc21. The molecule has 0 aliphatic rings. The smallest absolute Gasteiger partial charge is 0.251 e. The summed E-state index contributed by atoms with van der Waals surface area (Å²) < 4.78 is 7.48. The molecule has 0 aliphatic carbocycles. The van der Waals surface area contributed by atoms with Gasteiger partial charge in [0.1, 0.15) is 5.75 Å². The molecule has 4 nitrogen and oxygen atoms in total. The van der Waals surface area contributed by atoms with Crippen molar-refractivity contribution in [3.8, 4) is 5.75 Å². The van der Waals surface area contributed by atoms with E-state index in [1.807, 2.05) is 6.92 Å². The molecule has 1 aromatic heterocycles. The summed E-state index contributed by atoms with van der Waals surface area (Å²) in [5, 5.41) is 5.56. The maximum atomic E-state index is 12.6. The van der Waals surface area contributed by atoms with E-state index < -0.39 is 0 Å². The number of aryl methyl sites for hydroxylation is 1. The van der Waals surface area contributed by atoms with Gasteiger partial charge in [-0.15, -0.1) is 0 Å². The van der Waals surface area contributed by atoms with Crippen LogP contribution < -0.4 is 10.1 Å². The van der Waals surface area contributed by atoms with Crippen molar-refractivity contribution in [2.75, 3.05) is 7.11 Å². The molecule has 1 amide bonds. The molecule has 0 bridgehead atoms. The Morgan fingerprint density at radius 1 is 1.00 bits per heavy atom. The number of para-hydroxylation sites is 1. The van der Waals surface area contributed by atoms with Crippen molar-refractivity contribution < 1.29 is 9.53 Å². The van der Waals surface area contributed by atoms with Crippen LogP contribution in [0.1, 0.15) is 35.8 Å². The number of nitrogens with one attached hydrogen (secondary N) is 1. The lowest BCUT2D eigenvalue weighted by Gasteiger charge is -2.15. The van der Waals surface area contributed by atoms with E-state index >= 15 is 0 Å². The molecule has 28 heavy (non-hydrogen) atoms. The molecule has 0 aliphatic heterocycles. The summed E-state index contributed by atoms with van der Waals surface area (Å²) in [5.74, 6) is 0.647. The van der Waals surface area contributed by atoms with Gasteiger partial charge < -0.3 is 14.6 Å². The van der Waals surface area contributed by atoms with Gasteiger partial charge in [0.25, 0.3) is 5.91 Å². The van der Waals surface area contributed by atoms with Crippen LogP contribution >= 0.6 is 0 Å². The summed E-state index contributed by atoms with van der Waals surface area (Å²) in [6.45, 7) is 5.10. The minimum atomic E-state index is -0.0947. The lowest BCUT2D eigenvalue weighted by molar-refractivity contribution is 0.0940. The number of methoxy groups -OCH3 is 1. The van der Waals surface area contributed by atoms with E-state index in [-0.39, 0.29) is 11.9 Å². The van der Waals surface area contributed by atoms with Crippen LogP contribution in [0.4, 0.5) is 0 Å². The second-order valence-electron chi connectivity index (χ2n) is 6.96. The zero-order valence-electron chi connectivity index (χ0n) is 16.4. The fourth-order valence-electron chi connectivity index (χ4n) is 3.79. The highest BCUT2D eigenvalue weighted by atomic mass is 16.5. The van der Waals surface area contributed by atoms with Gasteiger partial charge in [0.2, 0.25) is 0 Å². The summed E-state index contributed by atoms with van der Waals surface area (Å²) in [4.78, 5) is 12.6. The molecule has 0 spiro atoms. The molecule has 0 radical (unpaired) electrons. The highest BCUT2D eigenvalue weighted by molar-refractivity contribution is 6.08. The van der Waals surface area contributed by atoms with Crippen LogP contribution in [0.2, 0.25) is 0 Å². The summed E-state index contributed by atoms with van der Waals surface area (Å²) in [6, 6.07) is 22.0. The summed E-state index contributed by atoms with van der Waals surface area (Å²) >= 11 is 0. The molecule has 4 rings (SSSR count). The molecular formula is C24H24N2O2. The van der Waals surface area contributed by atoms with Crippen LogP contribution in [-0.2, 0) is 6.54 Å². The maximum Gasteiger partial charge on any atom is 0.251 e. The Morgan fingerprint density at radius 2 is 1.71 bits per heavy atom. The fourth-order valence-corrected chi connectivity index (χ4v) is 3.79. The number of benzene rings is 3. The highest BCUT2D eigenvalue weighted by Crippen LogP contribution is 2.31.